The normalized spacial score (nSPS) is 45.0. The molecule has 3 nitrogen and oxygen atoms in total. The van der Waals surface area contributed by atoms with Crippen LogP contribution in [0.4, 0.5) is 0 Å². The average molecular weight is 157 g/mol. The summed E-state index contributed by atoms with van der Waals surface area (Å²) < 4.78 is 11.3. The highest BCUT2D eigenvalue weighted by atomic mass is 16.6. The first-order valence-electron chi connectivity index (χ1n) is 4.34. The van der Waals surface area contributed by atoms with Crippen molar-refractivity contribution in [2.45, 2.75) is 31.7 Å². The number of hydrogen-bond acceptors (Lipinski definition) is 3. The maximum Gasteiger partial charge on any atom is 0.0965 e. The van der Waals surface area contributed by atoms with Crippen molar-refractivity contribution in [1.29, 1.82) is 0 Å². The predicted molar refractivity (Wildman–Crippen MR) is 41.6 cm³/mol. The summed E-state index contributed by atoms with van der Waals surface area (Å²) >= 11 is 0. The molecule has 3 unspecified atom stereocenters. The highest BCUT2D eigenvalue weighted by molar-refractivity contribution is 4.83. The first-order valence-corrected chi connectivity index (χ1v) is 4.34. The van der Waals surface area contributed by atoms with Crippen LogP contribution in [0.5, 0.6) is 0 Å². The Kier molecular flexibility index (Phi) is 2.11. The fourth-order valence-corrected chi connectivity index (χ4v) is 1.73. The summed E-state index contributed by atoms with van der Waals surface area (Å²) in [7, 11) is 0. The zero-order valence-electron chi connectivity index (χ0n) is 6.88. The molecule has 1 N–H and O–H groups in total. The Morgan fingerprint density at radius 1 is 1.36 bits per heavy atom. The molecule has 0 bridgehead atoms. The molecule has 0 aromatic rings. The van der Waals surface area contributed by atoms with E-state index in [1.807, 2.05) is 0 Å². The summed E-state index contributed by atoms with van der Waals surface area (Å²) in [5.74, 6) is 0. The van der Waals surface area contributed by atoms with Gasteiger partial charge < -0.3 is 14.8 Å². The zero-order chi connectivity index (χ0) is 7.68. The first-order chi connectivity index (χ1) is 5.36. The van der Waals surface area contributed by atoms with Crippen LogP contribution in [0.15, 0.2) is 0 Å². The summed E-state index contributed by atoms with van der Waals surface area (Å²) in [5.41, 5.74) is 0. The lowest BCUT2D eigenvalue weighted by molar-refractivity contribution is -0.181. The predicted octanol–water partition coefficient (Wildman–Crippen LogP) is 0.152. The fraction of sp³-hybridized carbons (Fsp3) is 1.00. The summed E-state index contributed by atoms with van der Waals surface area (Å²) in [6.45, 7) is 4.85. The lowest BCUT2D eigenvalue weighted by atomic mass is 10.1. The molecule has 0 amide bonds. The van der Waals surface area contributed by atoms with E-state index in [0.717, 1.165) is 26.1 Å². The van der Waals surface area contributed by atoms with Crippen LogP contribution in [-0.2, 0) is 9.47 Å². The van der Waals surface area contributed by atoms with E-state index in [1.165, 1.54) is 0 Å². The minimum Gasteiger partial charge on any atom is -0.373 e. The van der Waals surface area contributed by atoms with Crippen molar-refractivity contribution < 1.29 is 9.47 Å². The quantitative estimate of drug-likeness (QED) is 0.543. The number of ether oxygens (including phenoxy) is 2. The van der Waals surface area contributed by atoms with Gasteiger partial charge in [-0.2, -0.15) is 0 Å². The van der Waals surface area contributed by atoms with Crippen LogP contribution in [0.2, 0.25) is 0 Å². The minimum absolute atomic E-state index is 0.274. The van der Waals surface area contributed by atoms with Gasteiger partial charge in [0.25, 0.3) is 0 Å². The number of fused-ring (bicyclic) bond motifs is 1. The molecule has 0 spiro atoms. The van der Waals surface area contributed by atoms with E-state index < -0.39 is 0 Å². The molecule has 2 heterocycles. The Bertz CT molecular complexity index is 140. The van der Waals surface area contributed by atoms with E-state index in [4.69, 9.17) is 9.47 Å². The molecule has 2 aliphatic heterocycles. The van der Waals surface area contributed by atoms with Crippen LogP contribution >= 0.6 is 0 Å². The number of piperidine rings is 1. The summed E-state index contributed by atoms with van der Waals surface area (Å²) in [5, 5.41) is 3.30. The van der Waals surface area contributed by atoms with E-state index in [0.29, 0.717) is 12.2 Å². The lowest BCUT2D eigenvalue weighted by Crippen LogP contribution is -2.52. The lowest BCUT2D eigenvalue weighted by Gasteiger charge is -2.38. The van der Waals surface area contributed by atoms with Crippen molar-refractivity contribution in [1.82, 2.24) is 5.32 Å². The molecule has 2 fully saturated rings. The van der Waals surface area contributed by atoms with Gasteiger partial charge in [0, 0.05) is 6.54 Å². The monoisotopic (exact) mass is 157 g/mol. The second kappa shape index (κ2) is 3.09. The van der Waals surface area contributed by atoms with Gasteiger partial charge in [-0.25, -0.2) is 0 Å². The molecule has 11 heavy (non-hydrogen) atoms. The van der Waals surface area contributed by atoms with Crippen molar-refractivity contribution >= 4 is 0 Å². The summed E-state index contributed by atoms with van der Waals surface area (Å²) in [6, 6.07) is 0. The van der Waals surface area contributed by atoms with E-state index in [9.17, 15) is 0 Å². The smallest absolute Gasteiger partial charge is 0.0965 e. The molecule has 2 aliphatic rings. The van der Waals surface area contributed by atoms with Crippen LogP contribution in [0.1, 0.15) is 13.3 Å². The van der Waals surface area contributed by atoms with Crippen molar-refractivity contribution in [3.63, 3.8) is 0 Å². The summed E-state index contributed by atoms with van der Waals surface area (Å²) in [4.78, 5) is 0. The van der Waals surface area contributed by atoms with Crippen molar-refractivity contribution in [2.24, 2.45) is 0 Å². The standard InChI is InChI=1S/C8H15NO2/c1-6-5-10-7-2-3-9-4-8(7)11-6/h6-9H,2-5H2,1H3. The van der Waals surface area contributed by atoms with Crippen molar-refractivity contribution in [2.75, 3.05) is 19.7 Å². The molecule has 0 saturated carbocycles. The first kappa shape index (κ1) is 7.53. The van der Waals surface area contributed by atoms with Crippen LogP contribution in [-0.4, -0.2) is 38.0 Å². The Hall–Kier alpha value is -0.120. The van der Waals surface area contributed by atoms with E-state index in [2.05, 4.69) is 12.2 Å². The van der Waals surface area contributed by atoms with Gasteiger partial charge in [0.15, 0.2) is 0 Å². The third-order valence-electron chi connectivity index (χ3n) is 2.32. The number of rotatable bonds is 0. The highest BCUT2D eigenvalue weighted by Gasteiger charge is 2.31. The molecule has 3 atom stereocenters. The largest absolute Gasteiger partial charge is 0.373 e. The zero-order valence-corrected chi connectivity index (χ0v) is 6.88. The second-order valence-corrected chi connectivity index (χ2v) is 3.35. The van der Waals surface area contributed by atoms with Gasteiger partial charge in [-0.3, -0.25) is 0 Å². The molecule has 2 saturated heterocycles. The molecule has 0 aliphatic carbocycles. The minimum atomic E-state index is 0.274. The fourth-order valence-electron chi connectivity index (χ4n) is 1.73. The molecule has 0 radical (unpaired) electrons. The Balaban J connectivity index is 1.93. The maximum absolute atomic E-state index is 5.70. The van der Waals surface area contributed by atoms with Crippen LogP contribution in [0, 0.1) is 0 Å². The van der Waals surface area contributed by atoms with Crippen LogP contribution < -0.4 is 5.32 Å². The number of nitrogens with one attached hydrogen (secondary N) is 1. The van der Waals surface area contributed by atoms with Gasteiger partial charge in [0.05, 0.1) is 24.9 Å². The van der Waals surface area contributed by atoms with Gasteiger partial charge in [0.1, 0.15) is 0 Å². The SMILES string of the molecule is CC1COC2CCNCC2O1. The van der Waals surface area contributed by atoms with Crippen molar-refractivity contribution in [3.05, 3.63) is 0 Å². The van der Waals surface area contributed by atoms with Gasteiger partial charge in [-0.05, 0) is 19.9 Å². The van der Waals surface area contributed by atoms with E-state index in [-0.39, 0.29) is 6.10 Å². The molecule has 64 valence electrons. The third kappa shape index (κ3) is 1.55. The Morgan fingerprint density at radius 2 is 2.27 bits per heavy atom. The Labute approximate surface area is 67.1 Å². The van der Waals surface area contributed by atoms with Crippen LogP contribution in [0.25, 0.3) is 0 Å². The van der Waals surface area contributed by atoms with Crippen molar-refractivity contribution in [3.8, 4) is 0 Å². The highest BCUT2D eigenvalue weighted by Crippen LogP contribution is 2.18. The molecular formula is C8H15NO2. The molecule has 3 heteroatoms. The second-order valence-electron chi connectivity index (χ2n) is 3.35. The van der Waals surface area contributed by atoms with Gasteiger partial charge >= 0.3 is 0 Å². The maximum atomic E-state index is 5.70. The number of hydrogen-bond donors (Lipinski definition) is 1. The Morgan fingerprint density at radius 3 is 3.18 bits per heavy atom. The van der Waals surface area contributed by atoms with Gasteiger partial charge in [-0.15, -0.1) is 0 Å². The molecular weight excluding hydrogens is 142 g/mol. The molecule has 2 rings (SSSR count). The summed E-state index contributed by atoms with van der Waals surface area (Å²) in [6.07, 6.45) is 2.02. The third-order valence-corrected chi connectivity index (χ3v) is 2.32. The topological polar surface area (TPSA) is 30.5 Å². The van der Waals surface area contributed by atoms with Gasteiger partial charge in [0.2, 0.25) is 0 Å². The van der Waals surface area contributed by atoms with E-state index >= 15 is 0 Å². The molecule has 0 aromatic heterocycles. The van der Waals surface area contributed by atoms with Crippen LogP contribution in [0.3, 0.4) is 0 Å². The molecule has 0 aromatic carbocycles. The van der Waals surface area contributed by atoms with Gasteiger partial charge in [-0.1, -0.05) is 0 Å². The van der Waals surface area contributed by atoms with E-state index in [1.54, 1.807) is 0 Å². The average Bonchev–Trinajstić information content (AvgIpc) is 2.04.